The summed E-state index contributed by atoms with van der Waals surface area (Å²) in [4.78, 5) is 0. The van der Waals surface area contributed by atoms with Crippen LogP contribution >= 0.6 is 11.6 Å². The zero-order valence-electron chi connectivity index (χ0n) is 9.85. The van der Waals surface area contributed by atoms with Crippen LogP contribution in [0.2, 0.25) is 5.02 Å². The highest BCUT2D eigenvalue weighted by Crippen LogP contribution is 2.20. The van der Waals surface area contributed by atoms with Gasteiger partial charge in [-0.1, -0.05) is 36.2 Å². The van der Waals surface area contributed by atoms with E-state index in [-0.39, 0.29) is 5.82 Å². The monoisotopic (exact) mass is 241 g/mol. The number of likely N-dealkylation sites (N-methyl/N-ethyl adjacent to an activating group) is 1. The van der Waals surface area contributed by atoms with E-state index in [1.807, 2.05) is 13.0 Å². The van der Waals surface area contributed by atoms with Gasteiger partial charge in [-0.3, -0.25) is 0 Å². The highest BCUT2D eigenvalue weighted by molar-refractivity contribution is 6.32. The van der Waals surface area contributed by atoms with E-state index >= 15 is 0 Å². The number of rotatable bonds is 4. The Kier molecular flexibility index (Phi) is 4.97. The van der Waals surface area contributed by atoms with Gasteiger partial charge in [0, 0.05) is 6.04 Å². The fourth-order valence-corrected chi connectivity index (χ4v) is 1.68. The first-order chi connectivity index (χ1) is 7.54. The lowest BCUT2D eigenvalue weighted by Crippen LogP contribution is -2.26. The second-order valence-corrected chi connectivity index (χ2v) is 4.24. The molecule has 1 nitrogen and oxygen atoms in total. The summed E-state index contributed by atoms with van der Waals surface area (Å²) < 4.78 is 12.8. The molecular formula is C13H17ClFN. The van der Waals surface area contributed by atoms with Crippen LogP contribution in [-0.2, 0) is 0 Å². The summed E-state index contributed by atoms with van der Waals surface area (Å²) in [5.74, 6) is -0.306. The first kappa shape index (κ1) is 13.2. The molecule has 0 heterocycles. The molecular weight excluding hydrogens is 225 g/mol. The fourth-order valence-electron chi connectivity index (χ4n) is 1.46. The standard InChI is InChI=1S/C13H17ClFN/c1-4-16-10(3)9(2)7-11-5-6-12(15)8-13(11)14/h5-8,10,16H,4H2,1-3H3/b9-7+. The van der Waals surface area contributed by atoms with Crippen molar-refractivity contribution < 1.29 is 4.39 Å². The smallest absolute Gasteiger partial charge is 0.124 e. The van der Waals surface area contributed by atoms with Crippen LogP contribution in [0.1, 0.15) is 26.3 Å². The summed E-state index contributed by atoms with van der Waals surface area (Å²) in [7, 11) is 0. The Morgan fingerprint density at radius 2 is 2.25 bits per heavy atom. The molecule has 3 heteroatoms. The molecule has 1 N–H and O–H groups in total. The molecule has 0 saturated heterocycles. The molecule has 0 amide bonds. The van der Waals surface area contributed by atoms with Crippen molar-refractivity contribution in [3.63, 3.8) is 0 Å². The van der Waals surface area contributed by atoms with E-state index in [1.54, 1.807) is 6.07 Å². The summed E-state index contributed by atoms with van der Waals surface area (Å²) in [5.41, 5.74) is 2.03. The molecule has 0 aliphatic rings. The molecule has 0 saturated carbocycles. The van der Waals surface area contributed by atoms with E-state index in [2.05, 4.69) is 19.2 Å². The molecule has 1 aromatic rings. The van der Waals surface area contributed by atoms with Crippen molar-refractivity contribution in [3.05, 3.63) is 40.2 Å². The highest BCUT2D eigenvalue weighted by Gasteiger charge is 2.04. The Morgan fingerprint density at radius 1 is 1.56 bits per heavy atom. The van der Waals surface area contributed by atoms with Crippen LogP contribution in [0, 0.1) is 5.82 Å². The summed E-state index contributed by atoms with van der Waals surface area (Å²) in [6, 6.07) is 4.74. The lowest BCUT2D eigenvalue weighted by atomic mass is 10.1. The average Bonchev–Trinajstić information content (AvgIpc) is 2.22. The molecule has 0 aromatic heterocycles. The lowest BCUT2D eigenvalue weighted by molar-refractivity contribution is 0.627. The number of benzene rings is 1. The minimum Gasteiger partial charge on any atom is -0.311 e. The third-order valence-corrected chi connectivity index (χ3v) is 2.87. The summed E-state index contributed by atoms with van der Waals surface area (Å²) in [6.07, 6.45) is 1.98. The Hall–Kier alpha value is -0.860. The van der Waals surface area contributed by atoms with Gasteiger partial charge in [-0.05, 0) is 38.1 Å². The van der Waals surface area contributed by atoms with E-state index in [0.29, 0.717) is 11.1 Å². The van der Waals surface area contributed by atoms with Gasteiger partial charge in [-0.25, -0.2) is 4.39 Å². The van der Waals surface area contributed by atoms with Gasteiger partial charge in [0.25, 0.3) is 0 Å². The first-order valence-corrected chi connectivity index (χ1v) is 5.79. The number of hydrogen-bond donors (Lipinski definition) is 1. The van der Waals surface area contributed by atoms with Gasteiger partial charge in [-0.2, -0.15) is 0 Å². The van der Waals surface area contributed by atoms with Crippen LogP contribution in [0.15, 0.2) is 23.8 Å². The molecule has 16 heavy (non-hydrogen) atoms. The molecule has 1 rings (SSSR count). The molecule has 0 bridgehead atoms. The van der Waals surface area contributed by atoms with E-state index in [1.165, 1.54) is 17.7 Å². The van der Waals surface area contributed by atoms with Crippen LogP contribution < -0.4 is 5.32 Å². The first-order valence-electron chi connectivity index (χ1n) is 5.41. The maximum absolute atomic E-state index is 12.8. The zero-order valence-corrected chi connectivity index (χ0v) is 10.6. The van der Waals surface area contributed by atoms with Crippen molar-refractivity contribution >= 4 is 17.7 Å². The maximum atomic E-state index is 12.8. The summed E-state index contributed by atoms with van der Waals surface area (Å²) in [6.45, 7) is 7.11. The SMILES string of the molecule is CCNC(C)/C(C)=C/c1ccc(F)cc1Cl. The van der Waals surface area contributed by atoms with Crippen LogP contribution in [0.3, 0.4) is 0 Å². The van der Waals surface area contributed by atoms with Crippen LogP contribution in [0.5, 0.6) is 0 Å². The van der Waals surface area contributed by atoms with Crippen molar-refractivity contribution in [3.8, 4) is 0 Å². The minimum absolute atomic E-state index is 0.297. The third-order valence-electron chi connectivity index (χ3n) is 2.54. The quantitative estimate of drug-likeness (QED) is 0.844. The van der Waals surface area contributed by atoms with E-state index in [4.69, 9.17) is 11.6 Å². The van der Waals surface area contributed by atoms with E-state index in [9.17, 15) is 4.39 Å². The van der Waals surface area contributed by atoms with Crippen molar-refractivity contribution in [2.24, 2.45) is 0 Å². The second kappa shape index (κ2) is 6.02. The van der Waals surface area contributed by atoms with Crippen LogP contribution in [0.4, 0.5) is 4.39 Å². The van der Waals surface area contributed by atoms with Gasteiger partial charge in [0.05, 0.1) is 5.02 Å². The number of hydrogen-bond acceptors (Lipinski definition) is 1. The maximum Gasteiger partial charge on any atom is 0.124 e. The molecule has 0 aliphatic heterocycles. The van der Waals surface area contributed by atoms with Gasteiger partial charge in [0.15, 0.2) is 0 Å². The zero-order chi connectivity index (χ0) is 12.1. The largest absolute Gasteiger partial charge is 0.311 e. The predicted molar refractivity (Wildman–Crippen MR) is 68.2 cm³/mol. The van der Waals surface area contributed by atoms with Crippen molar-refractivity contribution in [1.29, 1.82) is 0 Å². The lowest BCUT2D eigenvalue weighted by Gasteiger charge is -2.13. The Morgan fingerprint density at radius 3 is 2.81 bits per heavy atom. The Labute approximate surface area is 101 Å². The van der Waals surface area contributed by atoms with E-state index < -0.39 is 0 Å². The fraction of sp³-hybridized carbons (Fsp3) is 0.385. The van der Waals surface area contributed by atoms with Gasteiger partial charge in [0.1, 0.15) is 5.82 Å². The molecule has 0 aliphatic carbocycles. The third kappa shape index (κ3) is 3.62. The molecule has 88 valence electrons. The van der Waals surface area contributed by atoms with Crippen LogP contribution in [0.25, 0.3) is 6.08 Å². The van der Waals surface area contributed by atoms with Crippen molar-refractivity contribution in [2.45, 2.75) is 26.8 Å². The summed E-state index contributed by atoms with van der Waals surface area (Å²) in [5, 5.41) is 3.76. The van der Waals surface area contributed by atoms with Crippen molar-refractivity contribution in [2.75, 3.05) is 6.54 Å². The predicted octanol–water partition coefficient (Wildman–Crippen LogP) is 3.88. The Balaban J connectivity index is 2.89. The average molecular weight is 242 g/mol. The van der Waals surface area contributed by atoms with Gasteiger partial charge < -0.3 is 5.32 Å². The van der Waals surface area contributed by atoms with Gasteiger partial charge >= 0.3 is 0 Å². The van der Waals surface area contributed by atoms with Gasteiger partial charge in [0.2, 0.25) is 0 Å². The number of halogens is 2. The van der Waals surface area contributed by atoms with Gasteiger partial charge in [-0.15, -0.1) is 0 Å². The molecule has 1 atom stereocenters. The minimum atomic E-state index is -0.306. The normalized spacial score (nSPS) is 13.9. The topological polar surface area (TPSA) is 12.0 Å². The molecule has 1 aromatic carbocycles. The second-order valence-electron chi connectivity index (χ2n) is 3.83. The molecule has 1 unspecified atom stereocenters. The van der Waals surface area contributed by atoms with Crippen molar-refractivity contribution in [1.82, 2.24) is 5.32 Å². The van der Waals surface area contributed by atoms with E-state index in [0.717, 1.165) is 12.1 Å². The highest BCUT2D eigenvalue weighted by atomic mass is 35.5. The summed E-state index contributed by atoms with van der Waals surface area (Å²) >= 11 is 5.95. The van der Waals surface area contributed by atoms with Crippen LogP contribution in [-0.4, -0.2) is 12.6 Å². The number of nitrogens with one attached hydrogen (secondary N) is 1. The molecule has 0 spiro atoms. The molecule has 0 fully saturated rings. The molecule has 0 radical (unpaired) electrons. The Bertz CT molecular complexity index is 388.